The average Bonchev–Trinajstić information content (AvgIpc) is 2.49. The van der Waals surface area contributed by atoms with Crippen molar-refractivity contribution < 1.29 is 22.7 Å². The fourth-order valence-corrected chi connectivity index (χ4v) is 1.96. The number of alkyl halides is 3. The largest absolute Gasteiger partial charge is 0.503 e. The van der Waals surface area contributed by atoms with Gasteiger partial charge < -0.3 is 15.7 Å². The third kappa shape index (κ3) is 4.56. The lowest BCUT2D eigenvalue weighted by Crippen LogP contribution is -2.28. The van der Waals surface area contributed by atoms with E-state index in [1.165, 1.54) is 24.3 Å². The molecule has 0 saturated carbocycles. The molecule has 8 heteroatoms. The Kier molecular flexibility index (Phi) is 5.05. The second kappa shape index (κ2) is 6.82. The van der Waals surface area contributed by atoms with E-state index in [4.69, 9.17) is 12.2 Å². The molecule has 0 heterocycles. The molecule has 0 amide bonds. The highest BCUT2D eigenvalue weighted by molar-refractivity contribution is 7.80. The number of para-hydroxylation sites is 1. The maximum atomic E-state index is 13.2. The monoisotopic (exact) mass is 344 g/mol. The van der Waals surface area contributed by atoms with Crippen LogP contribution in [0.3, 0.4) is 0 Å². The molecule has 0 aliphatic rings. The van der Waals surface area contributed by atoms with Crippen molar-refractivity contribution in [3.05, 3.63) is 59.4 Å². The first kappa shape index (κ1) is 17.0. The van der Waals surface area contributed by atoms with E-state index in [-0.39, 0.29) is 17.3 Å². The van der Waals surface area contributed by atoms with Gasteiger partial charge in [0.2, 0.25) is 0 Å². The van der Waals surface area contributed by atoms with Gasteiger partial charge in [0.05, 0.1) is 11.3 Å². The summed E-state index contributed by atoms with van der Waals surface area (Å²) in [5, 5.41) is 15.0. The standard InChI is InChI=1S/C15H12F4N2OS/c16-11-2-1-3-12(13(11)22)21-14(23)20-8-9-4-6-10(7-5-9)15(17,18)19/h1-7,22H,8H2,(H2,20,21,23). The zero-order chi connectivity index (χ0) is 17.0. The van der Waals surface area contributed by atoms with Gasteiger partial charge in [-0.15, -0.1) is 0 Å². The third-order valence-electron chi connectivity index (χ3n) is 2.97. The molecule has 0 aromatic heterocycles. The Morgan fingerprint density at radius 2 is 1.74 bits per heavy atom. The highest BCUT2D eigenvalue weighted by Crippen LogP contribution is 2.29. The molecule has 0 spiro atoms. The molecule has 0 radical (unpaired) electrons. The SMILES string of the molecule is Oc1c(F)cccc1NC(=S)NCc1ccc(C(F)(F)F)cc1. The number of hydrogen-bond acceptors (Lipinski definition) is 2. The van der Waals surface area contributed by atoms with E-state index >= 15 is 0 Å². The summed E-state index contributed by atoms with van der Waals surface area (Å²) in [5.74, 6) is -1.35. The number of phenols is 1. The number of nitrogens with one attached hydrogen (secondary N) is 2. The predicted octanol–water partition coefficient (Wildman–Crippen LogP) is 4.04. The Bertz CT molecular complexity index is 702. The van der Waals surface area contributed by atoms with Gasteiger partial charge in [-0.2, -0.15) is 13.2 Å². The van der Waals surface area contributed by atoms with Crippen LogP contribution in [0, 0.1) is 5.82 Å². The lowest BCUT2D eigenvalue weighted by molar-refractivity contribution is -0.137. The van der Waals surface area contributed by atoms with E-state index in [2.05, 4.69) is 10.6 Å². The van der Waals surface area contributed by atoms with Gasteiger partial charge >= 0.3 is 6.18 Å². The normalized spacial score (nSPS) is 11.1. The fourth-order valence-electron chi connectivity index (χ4n) is 1.78. The zero-order valence-corrected chi connectivity index (χ0v) is 12.4. The molecular formula is C15H12F4N2OS. The van der Waals surface area contributed by atoms with Gasteiger partial charge in [-0.3, -0.25) is 0 Å². The van der Waals surface area contributed by atoms with Gasteiger partial charge in [-0.1, -0.05) is 18.2 Å². The third-order valence-corrected chi connectivity index (χ3v) is 3.22. The van der Waals surface area contributed by atoms with E-state index in [1.807, 2.05) is 0 Å². The Morgan fingerprint density at radius 3 is 2.35 bits per heavy atom. The molecule has 0 bridgehead atoms. The molecule has 2 aromatic carbocycles. The maximum Gasteiger partial charge on any atom is 0.416 e. The van der Waals surface area contributed by atoms with Crippen molar-refractivity contribution in [2.45, 2.75) is 12.7 Å². The minimum absolute atomic E-state index is 0.0925. The number of hydrogen-bond donors (Lipinski definition) is 3. The van der Waals surface area contributed by atoms with Crippen LogP contribution >= 0.6 is 12.2 Å². The van der Waals surface area contributed by atoms with Gasteiger partial charge in [0.1, 0.15) is 0 Å². The van der Waals surface area contributed by atoms with E-state index in [9.17, 15) is 22.7 Å². The first-order valence-corrected chi connectivity index (χ1v) is 6.86. The molecular weight excluding hydrogens is 332 g/mol. The van der Waals surface area contributed by atoms with Gasteiger partial charge in [0.25, 0.3) is 0 Å². The van der Waals surface area contributed by atoms with Crippen molar-refractivity contribution >= 4 is 23.0 Å². The van der Waals surface area contributed by atoms with E-state index in [0.29, 0.717) is 5.56 Å². The molecule has 23 heavy (non-hydrogen) atoms. The van der Waals surface area contributed by atoms with Crippen LogP contribution < -0.4 is 10.6 Å². The molecule has 122 valence electrons. The van der Waals surface area contributed by atoms with Gasteiger partial charge in [-0.05, 0) is 42.0 Å². The van der Waals surface area contributed by atoms with E-state index < -0.39 is 23.3 Å². The van der Waals surface area contributed by atoms with Crippen LogP contribution in [0.25, 0.3) is 0 Å². The number of anilines is 1. The van der Waals surface area contributed by atoms with Crippen molar-refractivity contribution in [3.63, 3.8) is 0 Å². The van der Waals surface area contributed by atoms with Gasteiger partial charge in [0.15, 0.2) is 16.7 Å². The van der Waals surface area contributed by atoms with Crippen molar-refractivity contribution in [1.29, 1.82) is 0 Å². The molecule has 3 nitrogen and oxygen atoms in total. The molecule has 3 N–H and O–H groups in total. The summed E-state index contributed by atoms with van der Waals surface area (Å²) in [5.41, 5.74) is -0.0489. The summed E-state index contributed by atoms with van der Waals surface area (Å²) in [4.78, 5) is 0. The predicted molar refractivity (Wildman–Crippen MR) is 82.6 cm³/mol. The highest BCUT2D eigenvalue weighted by Gasteiger charge is 2.29. The molecule has 0 fully saturated rings. The summed E-state index contributed by atoms with van der Waals surface area (Å²) in [6.45, 7) is 0.181. The van der Waals surface area contributed by atoms with E-state index in [0.717, 1.165) is 18.2 Å². The number of benzene rings is 2. The van der Waals surface area contributed by atoms with Crippen LogP contribution in [0.1, 0.15) is 11.1 Å². The molecule has 2 rings (SSSR count). The first-order chi connectivity index (χ1) is 10.8. The summed E-state index contributed by atoms with van der Waals surface area (Å²) in [6.07, 6.45) is -4.38. The van der Waals surface area contributed by atoms with Crippen molar-refractivity contribution in [2.24, 2.45) is 0 Å². The van der Waals surface area contributed by atoms with Crippen molar-refractivity contribution in [3.8, 4) is 5.75 Å². The minimum atomic E-state index is -4.38. The van der Waals surface area contributed by atoms with Crippen molar-refractivity contribution in [1.82, 2.24) is 5.32 Å². The molecule has 0 atom stereocenters. The summed E-state index contributed by atoms with van der Waals surface area (Å²) < 4.78 is 50.5. The van der Waals surface area contributed by atoms with Crippen LogP contribution in [0.15, 0.2) is 42.5 Å². The molecule has 0 unspecified atom stereocenters. The topological polar surface area (TPSA) is 44.3 Å². The summed E-state index contributed by atoms with van der Waals surface area (Å²) in [6, 6.07) is 8.55. The average molecular weight is 344 g/mol. The summed E-state index contributed by atoms with van der Waals surface area (Å²) in [7, 11) is 0. The van der Waals surface area contributed by atoms with Crippen LogP contribution in [-0.2, 0) is 12.7 Å². The van der Waals surface area contributed by atoms with Crippen LogP contribution in [0.5, 0.6) is 5.75 Å². The second-order valence-electron chi connectivity index (χ2n) is 4.64. The van der Waals surface area contributed by atoms with Gasteiger partial charge in [0, 0.05) is 6.54 Å². The minimum Gasteiger partial charge on any atom is -0.503 e. The Morgan fingerprint density at radius 1 is 1.09 bits per heavy atom. The quantitative estimate of drug-likeness (QED) is 0.447. The first-order valence-electron chi connectivity index (χ1n) is 6.46. The zero-order valence-electron chi connectivity index (χ0n) is 11.6. The number of halogens is 4. The lowest BCUT2D eigenvalue weighted by atomic mass is 10.1. The highest BCUT2D eigenvalue weighted by atomic mass is 32.1. The molecule has 0 saturated heterocycles. The van der Waals surface area contributed by atoms with E-state index in [1.54, 1.807) is 0 Å². The Hall–Kier alpha value is -2.35. The van der Waals surface area contributed by atoms with Gasteiger partial charge in [-0.25, -0.2) is 4.39 Å². The second-order valence-corrected chi connectivity index (χ2v) is 5.05. The number of phenolic OH excluding ortho intramolecular Hbond substituents is 1. The lowest BCUT2D eigenvalue weighted by Gasteiger charge is -2.12. The maximum absolute atomic E-state index is 13.2. The van der Waals surface area contributed by atoms with Crippen LogP contribution in [0.4, 0.5) is 23.2 Å². The number of thiocarbonyl (C=S) groups is 1. The Balaban J connectivity index is 1.93. The number of aromatic hydroxyl groups is 1. The fraction of sp³-hybridized carbons (Fsp3) is 0.133. The Labute approximate surface area is 134 Å². The molecule has 0 aliphatic heterocycles. The van der Waals surface area contributed by atoms with Crippen LogP contribution in [-0.4, -0.2) is 10.2 Å². The van der Waals surface area contributed by atoms with Crippen molar-refractivity contribution in [2.75, 3.05) is 5.32 Å². The number of rotatable bonds is 3. The molecule has 0 aliphatic carbocycles. The van der Waals surface area contributed by atoms with Crippen LogP contribution in [0.2, 0.25) is 0 Å². The smallest absolute Gasteiger partial charge is 0.416 e. The summed E-state index contributed by atoms with van der Waals surface area (Å²) >= 11 is 4.99. The molecule has 2 aromatic rings.